The van der Waals surface area contributed by atoms with Crippen LogP contribution in [-0.2, 0) is 16.0 Å². The molecule has 0 aliphatic carbocycles. The van der Waals surface area contributed by atoms with Crippen LogP contribution >= 0.6 is 35.6 Å². The number of benzene rings is 1. The highest BCUT2D eigenvalue weighted by Crippen LogP contribution is 2.23. The maximum atomic E-state index is 5.89. The number of aliphatic imine (C=N–C) groups is 1. The summed E-state index contributed by atoms with van der Waals surface area (Å²) in [5.74, 6) is 0.762. The summed E-state index contributed by atoms with van der Waals surface area (Å²) in [5, 5.41) is 7.38. The van der Waals surface area contributed by atoms with Crippen LogP contribution < -0.4 is 10.6 Å². The van der Waals surface area contributed by atoms with Gasteiger partial charge in [-0.15, -0.1) is 24.0 Å². The second kappa shape index (κ2) is 10.3. The third-order valence-electron chi connectivity index (χ3n) is 4.01. The first-order valence-corrected chi connectivity index (χ1v) is 7.87. The Balaban J connectivity index is 0.00000264. The van der Waals surface area contributed by atoms with Crippen molar-refractivity contribution in [3.63, 3.8) is 0 Å². The van der Waals surface area contributed by atoms with Gasteiger partial charge in [0.25, 0.3) is 0 Å². The molecule has 0 amide bonds. The number of nitrogens with one attached hydrogen (secondary N) is 2. The van der Waals surface area contributed by atoms with Gasteiger partial charge in [0.15, 0.2) is 5.96 Å². The molecule has 0 bridgehead atoms. The van der Waals surface area contributed by atoms with Gasteiger partial charge in [0.05, 0.1) is 5.60 Å². The van der Waals surface area contributed by atoms with Crippen LogP contribution in [0.25, 0.3) is 0 Å². The fourth-order valence-electron chi connectivity index (χ4n) is 2.45. The van der Waals surface area contributed by atoms with Crippen LogP contribution in [-0.4, -0.2) is 45.5 Å². The van der Waals surface area contributed by atoms with Crippen LogP contribution in [0.15, 0.2) is 29.3 Å². The van der Waals surface area contributed by atoms with Crippen molar-refractivity contribution in [2.24, 2.45) is 4.99 Å². The van der Waals surface area contributed by atoms with Gasteiger partial charge in [0.2, 0.25) is 0 Å². The third-order valence-corrected chi connectivity index (χ3v) is 4.26. The lowest BCUT2D eigenvalue weighted by Crippen LogP contribution is -2.50. The molecule has 1 aromatic rings. The molecule has 0 aromatic heterocycles. The van der Waals surface area contributed by atoms with Crippen molar-refractivity contribution >= 4 is 41.5 Å². The van der Waals surface area contributed by atoms with Crippen molar-refractivity contribution in [2.45, 2.75) is 25.0 Å². The normalized spacial score (nSPS) is 17.3. The summed E-state index contributed by atoms with van der Waals surface area (Å²) in [6.45, 7) is 2.89. The minimum absolute atomic E-state index is 0. The maximum absolute atomic E-state index is 5.89. The Labute approximate surface area is 160 Å². The summed E-state index contributed by atoms with van der Waals surface area (Å²) in [4.78, 5) is 4.25. The van der Waals surface area contributed by atoms with E-state index in [-0.39, 0.29) is 29.6 Å². The molecule has 0 atom stereocenters. The molecule has 1 saturated heterocycles. The van der Waals surface area contributed by atoms with E-state index >= 15 is 0 Å². The van der Waals surface area contributed by atoms with E-state index < -0.39 is 0 Å². The Morgan fingerprint density at radius 1 is 1.26 bits per heavy atom. The van der Waals surface area contributed by atoms with E-state index in [1.807, 2.05) is 24.3 Å². The van der Waals surface area contributed by atoms with Crippen LogP contribution in [0.1, 0.15) is 18.4 Å². The van der Waals surface area contributed by atoms with Gasteiger partial charge in [-0.25, -0.2) is 0 Å². The lowest BCUT2D eigenvalue weighted by Gasteiger charge is -2.36. The Bertz CT molecular complexity index is 491. The number of hydrogen-bond acceptors (Lipinski definition) is 3. The smallest absolute Gasteiger partial charge is 0.191 e. The second-order valence-corrected chi connectivity index (χ2v) is 5.84. The quantitative estimate of drug-likeness (QED) is 0.409. The summed E-state index contributed by atoms with van der Waals surface area (Å²) < 4.78 is 11.1. The number of nitrogens with zero attached hydrogens (tertiary/aromatic N) is 1. The van der Waals surface area contributed by atoms with Gasteiger partial charge in [0, 0.05) is 58.3 Å². The predicted octanol–water partition coefficient (Wildman–Crippen LogP) is 2.82. The molecular weight excluding hydrogens is 429 g/mol. The van der Waals surface area contributed by atoms with Crippen molar-refractivity contribution < 1.29 is 9.47 Å². The van der Waals surface area contributed by atoms with E-state index in [4.69, 9.17) is 21.1 Å². The maximum Gasteiger partial charge on any atom is 0.191 e. The first-order valence-electron chi connectivity index (χ1n) is 7.49. The average molecular weight is 454 g/mol. The zero-order valence-corrected chi connectivity index (χ0v) is 16.7. The first kappa shape index (κ1) is 20.5. The molecular formula is C16H25ClIN3O2. The molecule has 5 nitrogen and oxygen atoms in total. The molecule has 1 aromatic carbocycles. The number of halogens is 2. The molecule has 1 aliphatic rings. The molecule has 1 aliphatic heterocycles. The summed E-state index contributed by atoms with van der Waals surface area (Å²) in [5.41, 5.74) is 0.982. The fraction of sp³-hybridized carbons (Fsp3) is 0.562. The average Bonchev–Trinajstić information content (AvgIpc) is 2.57. The largest absolute Gasteiger partial charge is 0.381 e. The van der Waals surface area contributed by atoms with E-state index in [1.165, 1.54) is 0 Å². The van der Waals surface area contributed by atoms with Crippen LogP contribution in [0.3, 0.4) is 0 Å². The van der Waals surface area contributed by atoms with E-state index in [9.17, 15) is 0 Å². The van der Waals surface area contributed by atoms with Crippen molar-refractivity contribution in [1.82, 2.24) is 10.6 Å². The molecule has 2 N–H and O–H groups in total. The zero-order chi connectivity index (χ0) is 15.8. The predicted molar refractivity (Wildman–Crippen MR) is 105 cm³/mol. The number of hydrogen-bond donors (Lipinski definition) is 2. The Morgan fingerprint density at radius 2 is 1.91 bits per heavy atom. The molecule has 23 heavy (non-hydrogen) atoms. The molecule has 0 unspecified atom stereocenters. The Kier molecular flexibility index (Phi) is 9.19. The molecule has 0 saturated carbocycles. The van der Waals surface area contributed by atoms with Crippen LogP contribution in [0, 0.1) is 0 Å². The Hall–Kier alpha value is -0.570. The van der Waals surface area contributed by atoms with Crippen LogP contribution in [0.5, 0.6) is 0 Å². The molecule has 1 heterocycles. The second-order valence-electron chi connectivity index (χ2n) is 5.41. The van der Waals surface area contributed by atoms with Crippen LogP contribution in [0.2, 0.25) is 5.02 Å². The standard InChI is InChI=1S/C16H24ClN3O2.HI/c1-18-15(19-11-13-3-5-14(17)6-4-13)20-12-16(21-2)7-9-22-10-8-16;/h3-6H,7-12H2,1-2H3,(H2,18,19,20);1H. The summed E-state index contributed by atoms with van der Waals surface area (Å²) in [6, 6.07) is 7.77. The topological polar surface area (TPSA) is 54.9 Å². The van der Waals surface area contributed by atoms with Crippen molar-refractivity contribution in [3.8, 4) is 0 Å². The highest BCUT2D eigenvalue weighted by Gasteiger charge is 2.32. The highest BCUT2D eigenvalue weighted by atomic mass is 127. The summed E-state index contributed by atoms with van der Waals surface area (Å²) in [7, 11) is 3.53. The van der Waals surface area contributed by atoms with Gasteiger partial charge in [0.1, 0.15) is 0 Å². The van der Waals surface area contributed by atoms with Gasteiger partial charge >= 0.3 is 0 Å². The lowest BCUT2D eigenvalue weighted by atomic mass is 9.94. The van der Waals surface area contributed by atoms with Crippen LogP contribution in [0.4, 0.5) is 0 Å². The van der Waals surface area contributed by atoms with Gasteiger partial charge < -0.3 is 20.1 Å². The number of methoxy groups -OCH3 is 1. The Morgan fingerprint density at radius 3 is 2.48 bits per heavy atom. The van der Waals surface area contributed by atoms with E-state index in [0.29, 0.717) is 13.1 Å². The molecule has 7 heteroatoms. The van der Waals surface area contributed by atoms with Crippen molar-refractivity contribution in [1.29, 1.82) is 0 Å². The third kappa shape index (κ3) is 6.45. The molecule has 130 valence electrons. The minimum atomic E-state index is -0.170. The van der Waals surface area contributed by atoms with E-state index in [2.05, 4.69) is 15.6 Å². The fourth-order valence-corrected chi connectivity index (χ4v) is 2.58. The number of rotatable bonds is 5. The first-order chi connectivity index (χ1) is 10.7. The summed E-state index contributed by atoms with van der Waals surface area (Å²) in [6.07, 6.45) is 1.79. The molecule has 0 spiro atoms. The molecule has 0 radical (unpaired) electrons. The van der Waals surface area contributed by atoms with E-state index in [1.54, 1.807) is 14.2 Å². The summed E-state index contributed by atoms with van der Waals surface area (Å²) >= 11 is 5.89. The van der Waals surface area contributed by atoms with Gasteiger partial charge in [-0.1, -0.05) is 23.7 Å². The minimum Gasteiger partial charge on any atom is -0.381 e. The number of ether oxygens (including phenoxy) is 2. The highest BCUT2D eigenvalue weighted by molar-refractivity contribution is 14.0. The monoisotopic (exact) mass is 453 g/mol. The molecule has 2 rings (SSSR count). The van der Waals surface area contributed by atoms with E-state index in [0.717, 1.165) is 42.6 Å². The zero-order valence-electron chi connectivity index (χ0n) is 13.6. The van der Waals surface area contributed by atoms with Crippen molar-refractivity contribution in [3.05, 3.63) is 34.9 Å². The van der Waals surface area contributed by atoms with Crippen molar-refractivity contribution in [2.75, 3.05) is 33.9 Å². The SMILES string of the molecule is CN=C(NCc1ccc(Cl)cc1)NCC1(OC)CCOCC1.I. The lowest BCUT2D eigenvalue weighted by molar-refractivity contribution is -0.0855. The number of guanidine groups is 1. The molecule has 1 fully saturated rings. The van der Waals surface area contributed by atoms with Gasteiger partial charge in [-0.05, 0) is 17.7 Å². The van der Waals surface area contributed by atoms with Gasteiger partial charge in [-0.2, -0.15) is 0 Å². The van der Waals surface area contributed by atoms with Gasteiger partial charge in [-0.3, -0.25) is 4.99 Å².